The van der Waals surface area contributed by atoms with E-state index in [4.69, 9.17) is 12.2 Å². The van der Waals surface area contributed by atoms with Gasteiger partial charge >= 0.3 is 0 Å². The quantitative estimate of drug-likeness (QED) is 0.538. The number of likely N-dealkylation sites (tertiary alicyclic amines) is 1. The maximum atomic E-state index is 5.33. The highest BCUT2D eigenvalue weighted by molar-refractivity contribution is 8.23. The lowest BCUT2D eigenvalue weighted by atomic mass is 10.4. The minimum Gasteiger partial charge on any atom is -0.358 e. The molecule has 1 fully saturated rings. The average Bonchev–Trinajstić information content (AvgIpc) is 2.70. The molecule has 1 heterocycles. The van der Waals surface area contributed by atoms with Gasteiger partial charge in [-0.05, 0) is 19.8 Å². The topological polar surface area (TPSA) is 3.24 Å². The highest BCUT2D eigenvalue weighted by Crippen LogP contribution is 2.15. The Bertz CT molecular complexity index is 227. The second-order valence-corrected chi connectivity index (χ2v) is 4.88. The third-order valence-corrected chi connectivity index (χ3v) is 3.58. The molecule has 3 heteroatoms. The molecule has 0 N–H and O–H groups in total. The SMILES string of the molecule is C/C=C/C=C/CSC(=S)N1CCCC1. The molecule has 0 aromatic carbocycles. The second kappa shape index (κ2) is 7.07. The monoisotopic (exact) mass is 227 g/mol. The van der Waals surface area contributed by atoms with E-state index in [1.54, 1.807) is 11.8 Å². The first-order valence-corrected chi connectivity index (χ1v) is 6.43. The number of hydrogen-bond donors (Lipinski definition) is 0. The fourth-order valence-electron chi connectivity index (χ4n) is 1.36. The molecule has 0 atom stereocenters. The van der Waals surface area contributed by atoms with Gasteiger partial charge in [0.25, 0.3) is 0 Å². The number of nitrogens with zero attached hydrogens (tertiary/aromatic N) is 1. The molecule has 0 bridgehead atoms. The number of thioether (sulfide) groups is 1. The molecule has 0 saturated carbocycles. The van der Waals surface area contributed by atoms with Crippen molar-refractivity contribution in [1.29, 1.82) is 0 Å². The molecule has 78 valence electrons. The lowest BCUT2D eigenvalue weighted by Crippen LogP contribution is -2.23. The summed E-state index contributed by atoms with van der Waals surface area (Å²) in [6.07, 6.45) is 10.9. The molecule has 1 saturated heterocycles. The summed E-state index contributed by atoms with van der Waals surface area (Å²) in [7, 11) is 0. The first-order chi connectivity index (χ1) is 6.84. The highest BCUT2D eigenvalue weighted by atomic mass is 32.2. The van der Waals surface area contributed by atoms with Crippen molar-refractivity contribution in [1.82, 2.24) is 4.90 Å². The van der Waals surface area contributed by atoms with Crippen molar-refractivity contribution in [2.75, 3.05) is 18.8 Å². The predicted molar refractivity (Wildman–Crippen MR) is 69.8 cm³/mol. The van der Waals surface area contributed by atoms with Crippen LogP contribution < -0.4 is 0 Å². The van der Waals surface area contributed by atoms with Crippen LogP contribution in [-0.2, 0) is 0 Å². The number of allylic oxidation sites excluding steroid dienone is 3. The van der Waals surface area contributed by atoms with Crippen molar-refractivity contribution in [3.63, 3.8) is 0 Å². The lowest BCUT2D eigenvalue weighted by molar-refractivity contribution is 0.539. The highest BCUT2D eigenvalue weighted by Gasteiger charge is 2.13. The molecule has 0 unspecified atom stereocenters. The van der Waals surface area contributed by atoms with E-state index in [0.29, 0.717) is 0 Å². The van der Waals surface area contributed by atoms with E-state index in [1.165, 1.54) is 12.8 Å². The first-order valence-electron chi connectivity index (χ1n) is 5.04. The molecule has 1 aliphatic rings. The molecule has 0 amide bonds. The Balaban J connectivity index is 2.14. The van der Waals surface area contributed by atoms with E-state index in [0.717, 1.165) is 23.2 Å². The Morgan fingerprint density at radius 3 is 2.71 bits per heavy atom. The van der Waals surface area contributed by atoms with E-state index in [9.17, 15) is 0 Å². The van der Waals surface area contributed by atoms with Crippen LogP contribution in [0.5, 0.6) is 0 Å². The Kier molecular flexibility index (Phi) is 5.96. The number of hydrogen-bond acceptors (Lipinski definition) is 2. The van der Waals surface area contributed by atoms with Crippen LogP contribution in [0, 0.1) is 0 Å². The summed E-state index contributed by atoms with van der Waals surface area (Å²) in [6.45, 7) is 4.33. The summed E-state index contributed by atoms with van der Waals surface area (Å²) in [4.78, 5) is 2.31. The van der Waals surface area contributed by atoms with Gasteiger partial charge in [-0.1, -0.05) is 48.3 Å². The van der Waals surface area contributed by atoms with Crippen molar-refractivity contribution >= 4 is 28.3 Å². The van der Waals surface area contributed by atoms with Gasteiger partial charge in [0.15, 0.2) is 0 Å². The van der Waals surface area contributed by atoms with E-state index in [-0.39, 0.29) is 0 Å². The third-order valence-electron chi connectivity index (χ3n) is 2.11. The Morgan fingerprint density at radius 1 is 1.36 bits per heavy atom. The van der Waals surface area contributed by atoms with E-state index < -0.39 is 0 Å². The molecule has 0 aliphatic carbocycles. The summed E-state index contributed by atoms with van der Waals surface area (Å²) in [5, 5.41) is 0. The average molecular weight is 227 g/mol. The molecule has 1 rings (SSSR count). The molecule has 1 nitrogen and oxygen atoms in total. The van der Waals surface area contributed by atoms with Crippen molar-refractivity contribution in [2.45, 2.75) is 19.8 Å². The molecule has 1 aliphatic heterocycles. The van der Waals surface area contributed by atoms with Gasteiger partial charge in [-0.2, -0.15) is 0 Å². The smallest absolute Gasteiger partial charge is 0.136 e. The second-order valence-electron chi connectivity index (χ2n) is 3.23. The van der Waals surface area contributed by atoms with Gasteiger partial charge < -0.3 is 4.90 Å². The van der Waals surface area contributed by atoms with Crippen molar-refractivity contribution in [3.05, 3.63) is 24.3 Å². The largest absolute Gasteiger partial charge is 0.358 e. The van der Waals surface area contributed by atoms with Crippen LogP contribution in [0.25, 0.3) is 0 Å². The van der Waals surface area contributed by atoms with Crippen molar-refractivity contribution in [3.8, 4) is 0 Å². The fraction of sp³-hybridized carbons (Fsp3) is 0.545. The van der Waals surface area contributed by atoms with Crippen LogP contribution in [0.3, 0.4) is 0 Å². The normalized spacial score (nSPS) is 17.4. The molecular weight excluding hydrogens is 210 g/mol. The van der Waals surface area contributed by atoms with E-state index in [1.807, 2.05) is 19.1 Å². The molecule has 0 aromatic heterocycles. The minimum absolute atomic E-state index is 0.986. The van der Waals surface area contributed by atoms with Gasteiger partial charge in [0.1, 0.15) is 4.32 Å². The molecular formula is C11H17NS2. The van der Waals surface area contributed by atoms with Gasteiger partial charge in [-0.15, -0.1) is 0 Å². The maximum absolute atomic E-state index is 5.33. The van der Waals surface area contributed by atoms with Gasteiger partial charge in [0.2, 0.25) is 0 Å². The Hall–Kier alpha value is -0.280. The van der Waals surface area contributed by atoms with E-state index >= 15 is 0 Å². The Labute approximate surface area is 96.2 Å². The van der Waals surface area contributed by atoms with Crippen LogP contribution in [0.2, 0.25) is 0 Å². The van der Waals surface area contributed by atoms with Crippen LogP contribution in [0.15, 0.2) is 24.3 Å². The van der Waals surface area contributed by atoms with Crippen LogP contribution in [-0.4, -0.2) is 28.1 Å². The van der Waals surface area contributed by atoms with Gasteiger partial charge in [0.05, 0.1) is 0 Å². The number of thiocarbonyl (C=S) groups is 1. The zero-order chi connectivity index (χ0) is 10.2. The van der Waals surface area contributed by atoms with Crippen LogP contribution in [0.1, 0.15) is 19.8 Å². The summed E-state index contributed by atoms with van der Waals surface area (Å²) in [6, 6.07) is 0. The van der Waals surface area contributed by atoms with Gasteiger partial charge in [0, 0.05) is 18.8 Å². The summed E-state index contributed by atoms with van der Waals surface area (Å²) >= 11 is 7.09. The summed E-state index contributed by atoms with van der Waals surface area (Å²) in [5.41, 5.74) is 0. The summed E-state index contributed by atoms with van der Waals surface area (Å²) in [5.74, 6) is 0.986. The first kappa shape index (κ1) is 11.8. The van der Waals surface area contributed by atoms with Crippen molar-refractivity contribution in [2.24, 2.45) is 0 Å². The van der Waals surface area contributed by atoms with Gasteiger partial charge in [-0.25, -0.2) is 0 Å². The third kappa shape index (κ3) is 4.29. The van der Waals surface area contributed by atoms with Gasteiger partial charge in [-0.3, -0.25) is 0 Å². The summed E-state index contributed by atoms with van der Waals surface area (Å²) < 4.78 is 1.06. The molecule has 0 radical (unpaired) electrons. The van der Waals surface area contributed by atoms with E-state index in [2.05, 4.69) is 17.1 Å². The molecule has 14 heavy (non-hydrogen) atoms. The van der Waals surface area contributed by atoms with Crippen molar-refractivity contribution < 1.29 is 0 Å². The zero-order valence-corrected chi connectivity index (χ0v) is 10.2. The molecule has 0 spiro atoms. The maximum Gasteiger partial charge on any atom is 0.136 e. The van der Waals surface area contributed by atoms with Crippen LogP contribution in [0.4, 0.5) is 0 Å². The minimum atomic E-state index is 0.986. The zero-order valence-electron chi connectivity index (χ0n) is 8.61. The van der Waals surface area contributed by atoms with Crippen LogP contribution >= 0.6 is 24.0 Å². The fourth-order valence-corrected chi connectivity index (χ4v) is 2.46. The predicted octanol–water partition coefficient (Wildman–Crippen LogP) is 3.23. The number of rotatable bonds is 3. The Morgan fingerprint density at radius 2 is 2.07 bits per heavy atom. The standard InChI is InChI=1S/C11H17NS2/c1-2-3-4-7-10-14-11(13)12-8-5-6-9-12/h2-4,7H,5-6,8-10H2,1H3/b3-2+,7-4+. The lowest BCUT2D eigenvalue weighted by Gasteiger charge is -2.16. The molecule has 0 aromatic rings.